The second kappa shape index (κ2) is 7.70. The highest BCUT2D eigenvalue weighted by atomic mass is 16.7. The fourth-order valence-electron chi connectivity index (χ4n) is 3.00. The lowest BCUT2D eigenvalue weighted by Crippen LogP contribution is -2.44. The first-order valence-electron chi connectivity index (χ1n) is 8.55. The number of carbonyl (C=O) groups is 1. The average molecular weight is 393 g/mol. The van der Waals surface area contributed by atoms with Gasteiger partial charge in [0, 0.05) is 14.1 Å². The van der Waals surface area contributed by atoms with Crippen LogP contribution >= 0.6 is 0 Å². The van der Waals surface area contributed by atoms with Crippen molar-refractivity contribution in [3.63, 3.8) is 0 Å². The molecule has 4 atom stereocenters. The minimum atomic E-state index is -1.32. The van der Waals surface area contributed by atoms with Gasteiger partial charge in [-0.05, 0) is 19.1 Å². The summed E-state index contributed by atoms with van der Waals surface area (Å²) in [6, 6.07) is 3.47. The zero-order valence-electron chi connectivity index (χ0n) is 16.0. The molecule has 0 unspecified atom stereocenters. The standard InChI is InChI=1S/C17H23N5O6/c1-17(7-27-16(25)26-4)14(24)12(23)13(28-17)10-5-6-11-15(19-9-21(2)3)18-8-20-22(10)11/h5-6,8-9,12-14,23-24H,7H2,1-4H3/t12-,13-,14-,17+/m0/s1. The van der Waals surface area contributed by atoms with Gasteiger partial charge in [0.2, 0.25) is 0 Å². The second-order valence-corrected chi connectivity index (χ2v) is 6.88. The Morgan fingerprint density at radius 1 is 1.46 bits per heavy atom. The molecule has 1 aliphatic heterocycles. The van der Waals surface area contributed by atoms with Crippen LogP contribution in [0.15, 0.2) is 23.5 Å². The van der Waals surface area contributed by atoms with Crippen LogP contribution in [0.5, 0.6) is 0 Å². The van der Waals surface area contributed by atoms with Gasteiger partial charge in [-0.1, -0.05) is 0 Å². The minimum absolute atomic E-state index is 0.287. The van der Waals surface area contributed by atoms with Gasteiger partial charge in [-0.25, -0.2) is 19.3 Å². The Bertz CT molecular complexity index is 884. The van der Waals surface area contributed by atoms with Crippen molar-refractivity contribution >= 4 is 23.8 Å². The third-order valence-corrected chi connectivity index (χ3v) is 4.46. The number of aliphatic imine (C=N–C) groups is 1. The molecule has 0 amide bonds. The van der Waals surface area contributed by atoms with E-state index in [1.165, 1.54) is 13.4 Å². The Labute approximate surface area is 161 Å². The lowest BCUT2D eigenvalue weighted by molar-refractivity contribution is -0.108. The molecule has 0 radical (unpaired) electrons. The molecule has 1 saturated heterocycles. The van der Waals surface area contributed by atoms with Crippen molar-refractivity contribution in [2.45, 2.75) is 30.8 Å². The summed E-state index contributed by atoms with van der Waals surface area (Å²) in [5.41, 5.74) is -0.200. The summed E-state index contributed by atoms with van der Waals surface area (Å²) in [6.07, 6.45) is -1.39. The Hall–Kier alpha value is -2.76. The van der Waals surface area contributed by atoms with E-state index in [1.807, 2.05) is 14.1 Å². The number of aromatic nitrogens is 3. The van der Waals surface area contributed by atoms with E-state index in [0.717, 1.165) is 0 Å². The van der Waals surface area contributed by atoms with Crippen LogP contribution in [0.4, 0.5) is 10.6 Å². The monoisotopic (exact) mass is 393 g/mol. The van der Waals surface area contributed by atoms with Crippen molar-refractivity contribution in [1.29, 1.82) is 0 Å². The topological polar surface area (TPSA) is 131 Å². The summed E-state index contributed by atoms with van der Waals surface area (Å²) < 4.78 is 16.8. The molecule has 28 heavy (non-hydrogen) atoms. The zero-order chi connectivity index (χ0) is 20.5. The molecular weight excluding hydrogens is 370 g/mol. The second-order valence-electron chi connectivity index (χ2n) is 6.88. The van der Waals surface area contributed by atoms with Crippen LogP contribution < -0.4 is 0 Å². The minimum Gasteiger partial charge on any atom is -0.438 e. The van der Waals surface area contributed by atoms with Crippen molar-refractivity contribution in [2.24, 2.45) is 4.99 Å². The van der Waals surface area contributed by atoms with Gasteiger partial charge in [-0.15, -0.1) is 0 Å². The summed E-state index contributed by atoms with van der Waals surface area (Å²) in [6.45, 7) is 1.26. The Kier molecular flexibility index (Phi) is 5.49. The van der Waals surface area contributed by atoms with E-state index in [1.54, 1.807) is 34.8 Å². The summed E-state index contributed by atoms with van der Waals surface area (Å²) >= 11 is 0. The van der Waals surface area contributed by atoms with Crippen LogP contribution in [0.3, 0.4) is 0 Å². The number of fused-ring (bicyclic) bond motifs is 1. The normalized spacial score (nSPS) is 27.4. The van der Waals surface area contributed by atoms with Crippen molar-refractivity contribution in [2.75, 3.05) is 27.8 Å². The highest BCUT2D eigenvalue weighted by Crippen LogP contribution is 2.41. The van der Waals surface area contributed by atoms with Crippen molar-refractivity contribution < 1.29 is 29.2 Å². The van der Waals surface area contributed by atoms with Gasteiger partial charge < -0.3 is 29.3 Å². The van der Waals surface area contributed by atoms with Gasteiger partial charge in [-0.3, -0.25) is 0 Å². The summed E-state index contributed by atoms with van der Waals surface area (Å²) in [5, 5.41) is 25.2. The fraction of sp³-hybridized carbons (Fsp3) is 0.529. The summed E-state index contributed by atoms with van der Waals surface area (Å²) in [5.74, 6) is 0.444. The van der Waals surface area contributed by atoms with Gasteiger partial charge in [0.1, 0.15) is 42.4 Å². The van der Waals surface area contributed by atoms with Gasteiger partial charge in [0.15, 0.2) is 5.82 Å². The number of carbonyl (C=O) groups excluding carboxylic acids is 1. The molecule has 0 spiro atoms. The highest BCUT2D eigenvalue weighted by molar-refractivity contribution is 5.70. The molecule has 0 saturated carbocycles. The molecule has 3 heterocycles. The molecule has 0 aliphatic carbocycles. The Morgan fingerprint density at radius 3 is 2.89 bits per heavy atom. The molecule has 0 bridgehead atoms. The van der Waals surface area contributed by atoms with Gasteiger partial charge in [0.05, 0.1) is 19.1 Å². The number of ether oxygens (including phenoxy) is 3. The van der Waals surface area contributed by atoms with Crippen molar-refractivity contribution in [3.8, 4) is 0 Å². The van der Waals surface area contributed by atoms with E-state index >= 15 is 0 Å². The Morgan fingerprint density at radius 2 is 2.21 bits per heavy atom. The first-order valence-corrected chi connectivity index (χ1v) is 8.55. The number of rotatable bonds is 5. The molecule has 2 N–H and O–H groups in total. The highest BCUT2D eigenvalue weighted by Gasteiger charge is 2.53. The SMILES string of the molecule is COC(=O)OC[C@@]1(C)O[C@@H](c2ccc3c(N=CN(C)C)ncnn23)[C@H](O)[C@@H]1O. The lowest BCUT2D eigenvalue weighted by Gasteiger charge is -2.26. The van der Waals surface area contributed by atoms with Crippen LogP contribution in [0, 0.1) is 0 Å². The lowest BCUT2D eigenvalue weighted by atomic mass is 9.97. The number of methoxy groups -OCH3 is 1. The third-order valence-electron chi connectivity index (χ3n) is 4.46. The smallest absolute Gasteiger partial charge is 0.438 e. The number of hydrogen-bond donors (Lipinski definition) is 2. The number of aliphatic hydroxyl groups excluding tert-OH is 2. The largest absolute Gasteiger partial charge is 0.508 e. The maximum absolute atomic E-state index is 11.2. The van der Waals surface area contributed by atoms with Gasteiger partial charge in [-0.2, -0.15) is 5.10 Å². The maximum Gasteiger partial charge on any atom is 0.508 e. The van der Waals surface area contributed by atoms with E-state index < -0.39 is 30.1 Å². The molecule has 0 aromatic carbocycles. The fourth-order valence-corrected chi connectivity index (χ4v) is 3.00. The Balaban J connectivity index is 1.90. The van der Waals surface area contributed by atoms with E-state index in [2.05, 4.69) is 19.8 Å². The van der Waals surface area contributed by atoms with E-state index in [9.17, 15) is 15.0 Å². The number of nitrogens with zero attached hydrogens (tertiary/aromatic N) is 5. The van der Waals surface area contributed by atoms with Crippen LogP contribution in [0.25, 0.3) is 5.52 Å². The molecule has 2 aromatic heterocycles. The maximum atomic E-state index is 11.2. The molecule has 3 rings (SSSR count). The molecule has 2 aromatic rings. The van der Waals surface area contributed by atoms with Gasteiger partial charge in [0.25, 0.3) is 0 Å². The van der Waals surface area contributed by atoms with Crippen molar-refractivity contribution in [1.82, 2.24) is 19.5 Å². The van der Waals surface area contributed by atoms with Gasteiger partial charge >= 0.3 is 6.16 Å². The van der Waals surface area contributed by atoms with E-state index in [4.69, 9.17) is 9.47 Å². The molecule has 152 valence electrons. The third kappa shape index (κ3) is 3.63. The molecule has 11 heteroatoms. The molecule has 11 nitrogen and oxygen atoms in total. The van der Waals surface area contributed by atoms with E-state index in [-0.39, 0.29) is 6.61 Å². The molecule has 1 fully saturated rings. The quantitative estimate of drug-likeness (QED) is 0.418. The zero-order valence-corrected chi connectivity index (χ0v) is 16.0. The number of aliphatic hydroxyl groups is 2. The number of hydrogen-bond acceptors (Lipinski definition) is 9. The first kappa shape index (κ1) is 20.0. The average Bonchev–Trinajstić information content (AvgIpc) is 3.20. The summed E-state index contributed by atoms with van der Waals surface area (Å²) in [7, 11) is 4.86. The van der Waals surface area contributed by atoms with E-state index in [0.29, 0.717) is 17.0 Å². The van der Waals surface area contributed by atoms with Crippen LogP contribution in [0.1, 0.15) is 18.7 Å². The van der Waals surface area contributed by atoms with Crippen LogP contribution in [-0.2, 0) is 14.2 Å². The first-order chi connectivity index (χ1) is 13.3. The predicted octanol–water partition coefficient (Wildman–Crippen LogP) is 0.285. The molecular formula is C17H23N5O6. The van der Waals surface area contributed by atoms with Crippen molar-refractivity contribution in [3.05, 3.63) is 24.2 Å². The van der Waals surface area contributed by atoms with Crippen LogP contribution in [0.2, 0.25) is 0 Å². The van der Waals surface area contributed by atoms with Crippen LogP contribution in [-0.4, -0.2) is 87.8 Å². The summed E-state index contributed by atoms with van der Waals surface area (Å²) in [4.78, 5) is 21.5. The molecule has 1 aliphatic rings. The predicted molar refractivity (Wildman–Crippen MR) is 97.4 cm³/mol.